The van der Waals surface area contributed by atoms with Crippen molar-refractivity contribution in [3.05, 3.63) is 47.2 Å². The Hall–Kier alpha value is -2.61. The zero-order valence-electron chi connectivity index (χ0n) is 13.9. The SMILES string of the molecule is C[C@@H]1C[C@@H](C)CN(c2oc(/C=C/c3ccc(F)cc3)nc2C#N)C1. The molecule has 1 aromatic heterocycles. The molecule has 1 fully saturated rings. The van der Waals surface area contributed by atoms with Crippen molar-refractivity contribution < 1.29 is 8.81 Å². The third-order valence-corrected chi connectivity index (χ3v) is 4.18. The van der Waals surface area contributed by atoms with Gasteiger partial charge in [0.25, 0.3) is 0 Å². The third kappa shape index (κ3) is 3.65. The van der Waals surface area contributed by atoms with Crippen molar-refractivity contribution in [3.8, 4) is 6.07 Å². The van der Waals surface area contributed by atoms with E-state index in [4.69, 9.17) is 4.42 Å². The first kappa shape index (κ1) is 16.3. The van der Waals surface area contributed by atoms with Crippen LogP contribution in [-0.4, -0.2) is 18.1 Å². The van der Waals surface area contributed by atoms with Gasteiger partial charge in [0, 0.05) is 19.2 Å². The van der Waals surface area contributed by atoms with Gasteiger partial charge in [0.15, 0.2) is 0 Å². The summed E-state index contributed by atoms with van der Waals surface area (Å²) in [5.74, 6) is 1.78. The molecule has 1 aromatic carbocycles. The van der Waals surface area contributed by atoms with Gasteiger partial charge in [-0.1, -0.05) is 26.0 Å². The molecule has 124 valence electrons. The number of hydrogen-bond donors (Lipinski definition) is 0. The summed E-state index contributed by atoms with van der Waals surface area (Å²) in [6.07, 6.45) is 4.68. The smallest absolute Gasteiger partial charge is 0.235 e. The Bertz CT molecular complexity index is 763. The summed E-state index contributed by atoms with van der Waals surface area (Å²) in [5, 5.41) is 9.35. The second-order valence-electron chi connectivity index (χ2n) is 6.55. The monoisotopic (exact) mass is 325 g/mol. The maximum atomic E-state index is 12.9. The fourth-order valence-electron chi connectivity index (χ4n) is 3.26. The van der Waals surface area contributed by atoms with Crippen LogP contribution < -0.4 is 4.90 Å². The van der Waals surface area contributed by atoms with Gasteiger partial charge in [0.05, 0.1) is 0 Å². The van der Waals surface area contributed by atoms with Crippen molar-refractivity contribution in [2.24, 2.45) is 11.8 Å². The Balaban J connectivity index is 1.82. The molecule has 0 N–H and O–H groups in total. The molecule has 5 heteroatoms. The standard InChI is InChI=1S/C19H20FN3O/c1-13-9-14(2)12-23(11-13)19-17(10-21)22-18(24-19)8-5-15-3-6-16(20)7-4-15/h3-8,13-14H,9,11-12H2,1-2H3/b8-5+/t13-,14-/m1/s1. The Labute approximate surface area is 141 Å². The van der Waals surface area contributed by atoms with Crippen LogP contribution in [0.15, 0.2) is 28.7 Å². The van der Waals surface area contributed by atoms with Gasteiger partial charge >= 0.3 is 0 Å². The van der Waals surface area contributed by atoms with Crippen molar-refractivity contribution in [3.63, 3.8) is 0 Å². The van der Waals surface area contributed by atoms with Gasteiger partial charge in [0.1, 0.15) is 11.9 Å². The topological polar surface area (TPSA) is 53.1 Å². The molecule has 0 amide bonds. The molecule has 1 saturated heterocycles. The highest BCUT2D eigenvalue weighted by molar-refractivity contribution is 5.67. The Morgan fingerprint density at radius 1 is 1.21 bits per heavy atom. The highest BCUT2D eigenvalue weighted by atomic mass is 19.1. The van der Waals surface area contributed by atoms with E-state index in [-0.39, 0.29) is 5.82 Å². The van der Waals surface area contributed by atoms with E-state index < -0.39 is 0 Å². The van der Waals surface area contributed by atoms with Crippen molar-refractivity contribution in [2.75, 3.05) is 18.0 Å². The van der Waals surface area contributed by atoms with E-state index in [1.165, 1.54) is 18.6 Å². The molecule has 2 atom stereocenters. The van der Waals surface area contributed by atoms with E-state index in [9.17, 15) is 9.65 Å². The number of hydrogen-bond acceptors (Lipinski definition) is 4. The van der Waals surface area contributed by atoms with E-state index in [0.717, 1.165) is 18.7 Å². The van der Waals surface area contributed by atoms with Crippen LogP contribution >= 0.6 is 0 Å². The number of benzene rings is 1. The van der Waals surface area contributed by atoms with E-state index in [2.05, 4.69) is 29.8 Å². The van der Waals surface area contributed by atoms with Crippen LogP contribution in [0.1, 0.15) is 37.4 Å². The normalized spacial score (nSPS) is 21.2. The zero-order valence-corrected chi connectivity index (χ0v) is 13.9. The average molecular weight is 325 g/mol. The summed E-state index contributed by atoms with van der Waals surface area (Å²) in [7, 11) is 0. The van der Waals surface area contributed by atoms with Gasteiger partial charge in [-0.2, -0.15) is 10.2 Å². The number of aromatic nitrogens is 1. The first-order chi connectivity index (χ1) is 11.5. The minimum absolute atomic E-state index is 0.273. The summed E-state index contributed by atoms with van der Waals surface area (Å²) < 4.78 is 18.7. The molecule has 2 aromatic rings. The summed E-state index contributed by atoms with van der Waals surface area (Å²) in [6.45, 7) is 6.16. The minimum Gasteiger partial charge on any atom is -0.420 e. The quantitative estimate of drug-likeness (QED) is 0.842. The molecule has 0 spiro atoms. The lowest BCUT2D eigenvalue weighted by Crippen LogP contribution is -2.38. The van der Waals surface area contributed by atoms with Crippen LogP contribution in [0.25, 0.3) is 12.2 Å². The van der Waals surface area contributed by atoms with Crippen LogP contribution in [0.4, 0.5) is 10.3 Å². The predicted octanol–water partition coefficient (Wildman–Crippen LogP) is 4.34. The number of nitriles is 1. The van der Waals surface area contributed by atoms with Gasteiger partial charge in [-0.3, -0.25) is 0 Å². The Morgan fingerprint density at radius 3 is 2.50 bits per heavy atom. The molecular formula is C19H20FN3O. The first-order valence-electron chi connectivity index (χ1n) is 8.14. The second-order valence-corrected chi connectivity index (χ2v) is 6.55. The Morgan fingerprint density at radius 2 is 1.88 bits per heavy atom. The van der Waals surface area contributed by atoms with Crippen LogP contribution in [0, 0.1) is 29.0 Å². The van der Waals surface area contributed by atoms with Crippen LogP contribution in [0.2, 0.25) is 0 Å². The molecule has 2 heterocycles. The summed E-state index contributed by atoms with van der Waals surface area (Å²) in [6, 6.07) is 8.27. The molecule has 0 aliphatic carbocycles. The van der Waals surface area contributed by atoms with Crippen LogP contribution in [0.5, 0.6) is 0 Å². The number of nitrogens with zero attached hydrogens (tertiary/aromatic N) is 3. The van der Waals surface area contributed by atoms with Crippen LogP contribution in [0.3, 0.4) is 0 Å². The van der Waals surface area contributed by atoms with Crippen molar-refractivity contribution in [1.82, 2.24) is 4.98 Å². The Kier molecular flexibility index (Phi) is 4.66. The zero-order chi connectivity index (χ0) is 17.1. The van der Waals surface area contributed by atoms with Gasteiger partial charge in [-0.25, -0.2) is 4.39 Å². The highest BCUT2D eigenvalue weighted by Gasteiger charge is 2.27. The number of halogens is 1. The van der Waals surface area contributed by atoms with Gasteiger partial charge in [0.2, 0.25) is 17.5 Å². The lowest BCUT2D eigenvalue weighted by Gasteiger charge is -2.34. The molecular weight excluding hydrogens is 305 g/mol. The molecule has 0 radical (unpaired) electrons. The minimum atomic E-state index is -0.273. The van der Waals surface area contributed by atoms with Crippen molar-refractivity contribution >= 4 is 18.0 Å². The first-order valence-corrected chi connectivity index (χ1v) is 8.14. The van der Waals surface area contributed by atoms with E-state index >= 15 is 0 Å². The van der Waals surface area contributed by atoms with Crippen molar-refractivity contribution in [2.45, 2.75) is 20.3 Å². The highest BCUT2D eigenvalue weighted by Crippen LogP contribution is 2.29. The van der Waals surface area contributed by atoms with Gasteiger partial charge < -0.3 is 9.32 Å². The van der Waals surface area contributed by atoms with Crippen molar-refractivity contribution in [1.29, 1.82) is 5.26 Å². The average Bonchev–Trinajstić information content (AvgIpc) is 2.97. The molecule has 1 aliphatic rings. The number of oxazole rings is 1. The second kappa shape index (κ2) is 6.88. The molecule has 0 bridgehead atoms. The lowest BCUT2D eigenvalue weighted by atomic mass is 9.92. The largest absolute Gasteiger partial charge is 0.420 e. The predicted molar refractivity (Wildman–Crippen MR) is 91.7 cm³/mol. The fourth-order valence-corrected chi connectivity index (χ4v) is 3.26. The summed E-state index contributed by atoms with van der Waals surface area (Å²) >= 11 is 0. The molecule has 24 heavy (non-hydrogen) atoms. The summed E-state index contributed by atoms with van der Waals surface area (Å²) in [5.41, 5.74) is 1.16. The van der Waals surface area contributed by atoms with Crippen LogP contribution in [-0.2, 0) is 0 Å². The lowest BCUT2D eigenvalue weighted by molar-refractivity contribution is 0.342. The number of anilines is 1. The number of piperidine rings is 1. The fraction of sp³-hybridized carbons (Fsp3) is 0.368. The molecule has 4 nitrogen and oxygen atoms in total. The van der Waals surface area contributed by atoms with Gasteiger partial charge in [-0.05, 0) is 42.0 Å². The molecule has 1 aliphatic heterocycles. The number of rotatable bonds is 3. The van der Waals surface area contributed by atoms with E-state index in [1.54, 1.807) is 24.3 Å². The maximum absolute atomic E-state index is 12.9. The van der Waals surface area contributed by atoms with E-state index in [0.29, 0.717) is 29.3 Å². The molecule has 0 unspecified atom stereocenters. The third-order valence-electron chi connectivity index (χ3n) is 4.18. The van der Waals surface area contributed by atoms with E-state index in [1.807, 2.05) is 0 Å². The molecule has 3 rings (SSSR count). The van der Waals surface area contributed by atoms with Gasteiger partial charge in [-0.15, -0.1) is 0 Å². The maximum Gasteiger partial charge on any atom is 0.235 e. The molecule has 0 saturated carbocycles. The summed E-state index contributed by atoms with van der Waals surface area (Å²) in [4.78, 5) is 6.37.